The molecule has 0 bridgehead atoms. The molecule has 1 aromatic carbocycles. The summed E-state index contributed by atoms with van der Waals surface area (Å²) in [6.45, 7) is -0.404. The van der Waals surface area contributed by atoms with Crippen molar-refractivity contribution >= 4 is 17.2 Å². The van der Waals surface area contributed by atoms with Gasteiger partial charge < -0.3 is 14.9 Å². The van der Waals surface area contributed by atoms with Crippen molar-refractivity contribution in [1.29, 1.82) is 0 Å². The highest BCUT2D eigenvalue weighted by atomic mass is 32.1. The predicted molar refractivity (Wildman–Crippen MR) is 81.3 cm³/mol. The van der Waals surface area contributed by atoms with Crippen molar-refractivity contribution in [3.05, 3.63) is 59.0 Å². The number of carbonyl (C=O) groups is 1. The van der Waals surface area contributed by atoms with E-state index in [9.17, 15) is 14.3 Å². The number of benzene rings is 1. The summed E-state index contributed by atoms with van der Waals surface area (Å²) in [6, 6.07) is 7.93. The lowest BCUT2D eigenvalue weighted by Gasteiger charge is -2.12. The van der Waals surface area contributed by atoms with Gasteiger partial charge in [-0.2, -0.15) is 4.98 Å². The van der Waals surface area contributed by atoms with Crippen LogP contribution < -0.4 is 5.32 Å². The van der Waals surface area contributed by atoms with Crippen LogP contribution in [0.25, 0.3) is 10.7 Å². The molecule has 0 saturated heterocycles. The summed E-state index contributed by atoms with van der Waals surface area (Å²) in [7, 11) is 0. The van der Waals surface area contributed by atoms with Gasteiger partial charge in [0.2, 0.25) is 5.82 Å². The van der Waals surface area contributed by atoms with E-state index in [1.807, 2.05) is 17.5 Å². The van der Waals surface area contributed by atoms with Crippen molar-refractivity contribution in [1.82, 2.24) is 15.5 Å². The number of carbonyl (C=O) groups excluding carboxylic acids is 1. The van der Waals surface area contributed by atoms with Gasteiger partial charge in [-0.3, -0.25) is 4.79 Å². The second-order valence-corrected chi connectivity index (χ2v) is 5.60. The molecule has 0 fully saturated rings. The first kappa shape index (κ1) is 15.3. The van der Waals surface area contributed by atoms with E-state index >= 15 is 0 Å². The minimum absolute atomic E-state index is 0.103. The third kappa shape index (κ3) is 3.43. The Hall–Kier alpha value is -2.58. The second-order valence-electron chi connectivity index (χ2n) is 4.65. The molecule has 1 atom stereocenters. The quantitative estimate of drug-likeness (QED) is 0.748. The second kappa shape index (κ2) is 6.67. The van der Waals surface area contributed by atoms with Gasteiger partial charge in [0.15, 0.2) is 0 Å². The minimum Gasteiger partial charge on any atom is -0.394 e. The molecule has 8 heteroatoms. The van der Waals surface area contributed by atoms with E-state index in [1.54, 1.807) is 0 Å². The van der Waals surface area contributed by atoms with E-state index in [1.165, 1.54) is 35.6 Å². The van der Waals surface area contributed by atoms with Gasteiger partial charge in [0.1, 0.15) is 11.9 Å². The number of halogens is 1. The number of aliphatic hydroxyl groups excluding tert-OH is 1. The predicted octanol–water partition coefficient (Wildman–Crippen LogP) is 2.40. The van der Waals surface area contributed by atoms with Crippen LogP contribution in [0.3, 0.4) is 0 Å². The molecule has 0 aliphatic rings. The molecule has 0 spiro atoms. The summed E-state index contributed by atoms with van der Waals surface area (Å²) in [6.07, 6.45) is 0. The highest BCUT2D eigenvalue weighted by Crippen LogP contribution is 2.23. The van der Waals surface area contributed by atoms with Crippen molar-refractivity contribution in [3.63, 3.8) is 0 Å². The molecule has 6 nitrogen and oxygen atoms in total. The molecule has 1 unspecified atom stereocenters. The Kier molecular flexibility index (Phi) is 4.45. The molecular formula is C15H12FN3O3S. The van der Waals surface area contributed by atoms with Crippen LogP contribution in [-0.2, 0) is 0 Å². The van der Waals surface area contributed by atoms with Crippen molar-refractivity contribution in [2.75, 3.05) is 6.61 Å². The maximum atomic E-state index is 12.9. The number of aliphatic hydroxyl groups is 1. The van der Waals surface area contributed by atoms with E-state index in [0.29, 0.717) is 5.82 Å². The number of aromatic nitrogens is 2. The van der Waals surface area contributed by atoms with Crippen LogP contribution in [-0.4, -0.2) is 27.8 Å². The summed E-state index contributed by atoms with van der Waals surface area (Å²) in [5.74, 6) is -0.409. The van der Waals surface area contributed by atoms with Gasteiger partial charge >= 0.3 is 0 Å². The minimum atomic E-state index is -0.839. The van der Waals surface area contributed by atoms with Crippen LogP contribution in [0.5, 0.6) is 0 Å². The summed E-state index contributed by atoms with van der Waals surface area (Å²) in [5, 5.41) is 17.7. The Morgan fingerprint density at radius 3 is 2.78 bits per heavy atom. The fraction of sp³-hybridized carbons (Fsp3) is 0.133. The van der Waals surface area contributed by atoms with Gasteiger partial charge in [0.05, 0.1) is 11.5 Å². The smallest absolute Gasteiger partial charge is 0.251 e. The van der Waals surface area contributed by atoms with Gasteiger partial charge in [0, 0.05) is 5.56 Å². The lowest BCUT2D eigenvalue weighted by Crippen LogP contribution is -2.31. The number of hydrogen-bond acceptors (Lipinski definition) is 6. The molecule has 3 aromatic rings. The average molecular weight is 333 g/mol. The van der Waals surface area contributed by atoms with Crippen LogP contribution in [0.15, 0.2) is 46.3 Å². The summed E-state index contributed by atoms with van der Waals surface area (Å²) >= 11 is 1.45. The number of nitrogens with one attached hydrogen (secondary N) is 1. The Morgan fingerprint density at radius 2 is 2.13 bits per heavy atom. The monoisotopic (exact) mass is 333 g/mol. The highest BCUT2D eigenvalue weighted by molar-refractivity contribution is 7.13. The summed E-state index contributed by atoms with van der Waals surface area (Å²) in [4.78, 5) is 17.1. The fourth-order valence-electron chi connectivity index (χ4n) is 1.91. The summed E-state index contributed by atoms with van der Waals surface area (Å²) in [5.41, 5.74) is 0.267. The van der Waals surface area contributed by atoms with E-state index in [-0.39, 0.29) is 11.5 Å². The average Bonchev–Trinajstić information content (AvgIpc) is 3.24. The van der Waals surface area contributed by atoms with E-state index in [4.69, 9.17) is 4.52 Å². The molecular weight excluding hydrogens is 321 g/mol. The van der Waals surface area contributed by atoms with Gasteiger partial charge in [-0.1, -0.05) is 11.2 Å². The molecule has 2 N–H and O–H groups in total. The van der Waals surface area contributed by atoms with Gasteiger partial charge in [-0.05, 0) is 35.7 Å². The van der Waals surface area contributed by atoms with E-state index < -0.39 is 24.4 Å². The number of thiophene rings is 1. The Balaban J connectivity index is 1.75. The Labute approximate surface area is 134 Å². The first-order chi connectivity index (χ1) is 11.2. The Morgan fingerprint density at radius 1 is 1.35 bits per heavy atom. The zero-order valence-electron chi connectivity index (χ0n) is 11.8. The number of rotatable bonds is 5. The topological polar surface area (TPSA) is 88.2 Å². The maximum Gasteiger partial charge on any atom is 0.251 e. The third-order valence-corrected chi connectivity index (χ3v) is 3.94. The molecule has 23 heavy (non-hydrogen) atoms. The van der Waals surface area contributed by atoms with Gasteiger partial charge in [-0.15, -0.1) is 11.3 Å². The zero-order chi connectivity index (χ0) is 16.2. The zero-order valence-corrected chi connectivity index (χ0v) is 12.6. The molecule has 0 aliphatic carbocycles. The maximum absolute atomic E-state index is 12.9. The van der Waals surface area contributed by atoms with Crippen molar-refractivity contribution in [3.8, 4) is 10.7 Å². The SMILES string of the molecule is O=C(NC(CO)c1nc(-c2cccs2)no1)c1ccc(F)cc1. The number of nitrogens with zero attached hydrogens (tertiary/aromatic N) is 2. The molecule has 3 rings (SSSR count). The van der Waals surface area contributed by atoms with E-state index in [2.05, 4.69) is 15.5 Å². The van der Waals surface area contributed by atoms with Crippen LogP contribution in [0.1, 0.15) is 22.3 Å². The first-order valence-corrected chi connectivity index (χ1v) is 7.60. The molecule has 0 radical (unpaired) electrons. The van der Waals surface area contributed by atoms with Crippen LogP contribution in [0.2, 0.25) is 0 Å². The molecule has 1 amide bonds. The Bertz CT molecular complexity index is 787. The fourth-order valence-corrected chi connectivity index (χ4v) is 2.56. The summed E-state index contributed by atoms with van der Waals surface area (Å²) < 4.78 is 18.0. The standard InChI is InChI=1S/C15H12FN3O3S/c16-10-5-3-9(4-6-10)14(21)17-11(8-20)15-18-13(19-22-15)12-2-1-7-23-12/h1-7,11,20H,8H2,(H,17,21). The lowest BCUT2D eigenvalue weighted by atomic mass is 10.2. The number of hydrogen-bond donors (Lipinski definition) is 2. The molecule has 0 saturated carbocycles. The van der Waals surface area contributed by atoms with Crippen LogP contribution in [0, 0.1) is 5.82 Å². The highest BCUT2D eigenvalue weighted by Gasteiger charge is 2.22. The first-order valence-electron chi connectivity index (χ1n) is 6.72. The van der Waals surface area contributed by atoms with Crippen LogP contribution >= 0.6 is 11.3 Å². The van der Waals surface area contributed by atoms with E-state index in [0.717, 1.165) is 4.88 Å². The van der Waals surface area contributed by atoms with Crippen molar-refractivity contribution in [2.45, 2.75) is 6.04 Å². The van der Waals surface area contributed by atoms with Gasteiger partial charge in [-0.25, -0.2) is 4.39 Å². The molecule has 2 heterocycles. The van der Waals surface area contributed by atoms with Crippen molar-refractivity contribution < 1.29 is 18.8 Å². The van der Waals surface area contributed by atoms with Crippen molar-refractivity contribution in [2.24, 2.45) is 0 Å². The third-order valence-electron chi connectivity index (χ3n) is 3.08. The molecule has 0 aliphatic heterocycles. The number of amides is 1. The normalized spacial score (nSPS) is 12.1. The van der Waals surface area contributed by atoms with Gasteiger partial charge in [0.25, 0.3) is 11.8 Å². The molecule has 118 valence electrons. The van der Waals surface area contributed by atoms with Crippen LogP contribution in [0.4, 0.5) is 4.39 Å². The largest absolute Gasteiger partial charge is 0.394 e. The lowest BCUT2D eigenvalue weighted by molar-refractivity contribution is 0.0901. The molecule has 2 aromatic heterocycles.